The first-order chi connectivity index (χ1) is 9.40. The number of nitrogens with one attached hydrogen (secondary N) is 2. The van der Waals surface area contributed by atoms with Gasteiger partial charge >= 0.3 is 0 Å². The average Bonchev–Trinajstić information content (AvgIpc) is 2.44. The van der Waals surface area contributed by atoms with Gasteiger partial charge in [0.15, 0.2) is 0 Å². The van der Waals surface area contributed by atoms with Crippen LogP contribution in [0.1, 0.15) is 44.5 Å². The maximum absolute atomic E-state index is 11.9. The van der Waals surface area contributed by atoms with Crippen LogP contribution in [0.25, 0.3) is 0 Å². The van der Waals surface area contributed by atoms with E-state index in [1.807, 2.05) is 39.0 Å². The summed E-state index contributed by atoms with van der Waals surface area (Å²) in [6, 6.07) is 7.55. The van der Waals surface area contributed by atoms with Gasteiger partial charge in [0, 0.05) is 29.3 Å². The van der Waals surface area contributed by atoms with Gasteiger partial charge in [-0.2, -0.15) is 0 Å². The SMILES string of the molecule is CCC(C)(CO)CNc1cccc(C(=O)NC(C)C)c1. The van der Waals surface area contributed by atoms with Gasteiger partial charge in [-0.1, -0.05) is 19.9 Å². The molecule has 0 spiro atoms. The summed E-state index contributed by atoms with van der Waals surface area (Å²) in [4.78, 5) is 11.9. The monoisotopic (exact) mass is 278 g/mol. The average molecular weight is 278 g/mol. The molecular formula is C16H26N2O2. The lowest BCUT2D eigenvalue weighted by Crippen LogP contribution is -2.31. The van der Waals surface area contributed by atoms with Crippen molar-refractivity contribution in [1.29, 1.82) is 0 Å². The van der Waals surface area contributed by atoms with Crippen molar-refractivity contribution in [3.05, 3.63) is 29.8 Å². The number of carbonyl (C=O) groups is 1. The Bertz CT molecular complexity index is 440. The Morgan fingerprint density at radius 3 is 2.65 bits per heavy atom. The molecule has 1 atom stereocenters. The van der Waals surface area contributed by atoms with Crippen LogP contribution in [0.2, 0.25) is 0 Å². The molecule has 1 aromatic rings. The second kappa shape index (κ2) is 7.29. The molecule has 0 saturated carbocycles. The normalized spacial score (nSPS) is 13.9. The molecule has 0 aliphatic heterocycles. The summed E-state index contributed by atoms with van der Waals surface area (Å²) in [5.41, 5.74) is 1.40. The molecule has 1 aromatic carbocycles. The van der Waals surface area contributed by atoms with Gasteiger partial charge in [-0.05, 0) is 38.5 Å². The van der Waals surface area contributed by atoms with E-state index < -0.39 is 0 Å². The molecule has 0 radical (unpaired) electrons. The Morgan fingerprint density at radius 2 is 2.10 bits per heavy atom. The minimum atomic E-state index is -0.143. The molecule has 20 heavy (non-hydrogen) atoms. The Morgan fingerprint density at radius 1 is 1.40 bits per heavy atom. The van der Waals surface area contributed by atoms with Gasteiger partial charge in [-0.25, -0.2) is 0 Å². The lowest BCUT2D eigenvalue weighted by molar-refractivity contribution is 0.0943. The molecule has 1 unspecified atom stereocenters. The third-order valence-corrected chi connectivity index (χ3v) is 3.50. The van der Waals surface area contributed by atoms with E-state index in [4.69, 9.17) is 0 Å². The second-order valence-electron chi connectivity index (χ2n) is 5.88. The number of rotatable bonds is 7. The van der Waals surface area contributed by atoms with Crippen molar-refractivity contribution in [3.63, 3.8) is 0 Å². The van der Waals surface area contributed by atoms with Crippen LogP contribution in [0.5, 0.6) is 0 Å². The standard InChI is InChI=1S/C16H26N2O2/c1-5-16(4,11-19)10-17-14-8-6-7-13(9-14)15(20)18-12(2)3/h6-9,12,17,19H,5,10-11H2,1-4H3,(H,18,20). The van der Waals surface area contributed by atoms with E-state index in [1.165, 1.54) is 0 Å². The van der Waals surface area contributed by atoms with Crippen LogP contribution in [-0.2, 0) is 0 Å². The number of hydrogen-bond acceptors (Lipinski definition) is 3. The van der Waals surface area contributed by atoms with Gasteiger partial charge < -0.3 is 15.7 Å². The first-order valence-electron chi connectivity index (χ1n) is 7.16. The molecule has 112 valence electrons. The van der Waals surface area contributed by atoms with Gasteiger partial charge in [-0.15, -0.1) is 0 Å². The highest BCUT2D eigenvalue weighted by molar-refractivity contribution is 5.95. The fourth-order valence-corrected chi connectivity index (χ4v) is 1.72. The summed E-state index contributed by atoms with van der Waals surface area (Å²) >= 11 is 0. The minimum absolute atomic E-state index is 0.0657. The molecule has 0 aromatic heterocycles. The first kappa shape index (κ1) is 16.5. The summed E-state index contributed by atoms with van der Waals surface area (Å²) in [6.45, 7) is 8.79. The second-order valence-corrected chi connectivity index (χ2v) is 5.88. The van der Waals surface area contributed by atoms with Crippen LogP contribution in [0.15, 0.2) is 24.3 Å². The zero-order valence-electron chi connectivity index (χ0n) is 12.9. The van der Waals surface area contributed by atoms with Crippen molar-refractivity contribution in [1.82, 2.24) is 5.32 Å². The van der Waals surface area contributed by atoms with Crippen LogP contribution >= 0.6 is 0 Å². The Hall–Kier alpha value is -1.55. The highest BCUT2D eigenvalue weighted by atomic mass is 16.3. The van der Waals surface area contributed by atoms with Crippen molar-refractivity contribution in [2.24, 2.45) is 5.41 Å². The predicted molar refractivity (Wildman–Crippen MR) is 83.0 cm³/mol. The summed E-state index contributed by atoms with van der Waals surface area (Å²) in [6.07, 6.45) is 0.893. The maximum Gasteiger partial charge on any atom is 0.251 e. The van der Waals surface area contributed by atoms with E-state index >= 15 is 0 Å². The Kier molecular flexibility index (Phi) is 6.02. The molecular weight excluding hydrogens is 252 g/mol. The molecule has 0 bridgehead atoms. The van der Waals surface area contributed by atoms with Crippen LogP contribution in [0, 0.1) is 5.41 Å². The third-order valence-electron chi connectivity index (χ3n) is 3.50. The van der Waals surface area contributed by atoms with Crippen LogP contribution in [0.3, 0.4) is 0 Å². The molecule has 0 saturated heterocycles. The topological polar surface area (TPSA) is 61.4 Å². The molecule has 1 amide bonds. The fraction of sp³-hybridized carbons (Fsp3) is 0.562. The van der Waals surface area contributed by atoms with E-state index in [0.717, 1.165) is 12.1 Å². The van der Waals surface area contributed by atoms with E-state index in [1.54, 1.807) is 6.07 Å². The number of aliphatic hydroxyl groups excluding tert-OH is 1. The van der Waals surface area contributed by atoms with Crippen molar-refractivity contribution in [2.45, 2.75) is 40.2 Å². The number of benzene rings is 1. The summed E-state index contributed by atoms with van der Waals surface area (Å²) < 4.78 is 0. The molecule has 0 fully saturated rings. The number of amides is 1. The summed E-state index contributed by atoms with van der Waals surface area (Å²) in [7, 11) is 0. The minimum Gasteiger partial charge on any atom is -0.396 e. The third kappa shape index (κ3) is 4.85. The van der Waals surface area contributed by atoms with Gasteiger partial charge in [0.05, 0.1) is 6.61 Å². The van der Waals surface area contributed by atoms with Crippen LogP contribution < -0.4 is 10.6 Å². The van der Waals surface area contributed by atoms with E-state index in [2.05, 4.69) is 17.6 Å². The summed E-state index contributed by atoms with van der Waals surface area (Å²) in [5.74, 6) is -0.0657. The fourth-order valence-electron chi connectivity index (χ4n) is 1.72. The number of carbonyl (C=O) groups excluding carboxylic acids is 1. The smallest absolute Gasteiger partial charge is 0.251 e. The molecule has 3 N–H and O–H groups in total. The number of aliphatic hydroxyl groups is 1. The molecule has 4 heteroatoms. The van der Waals surface area contributed by atoms with Crippen LogP contribution in [-0.4, -0.2) is 30.2 Å². The summed E-state index contributed by atoms with van der Waals surface area (Å²) in [5, 5.41) is 15.6. The lowest BCUT2D eigenvalue weighted by atomic mass is 9.88. The van der Waals surface area contributed by atoms with Gasteiger partial charge in [0.25, 0.3) is 5.91 Å². The van der Waals surface area contributed by atoms with Crippen molar-refractivity contribution in [2.75, 3.05) is 18.5 Å². The highest BCUT2D eigenvalue weighted by Gasteiger charge is 2.20. The van der Waals surface area contributed by atoms with E-state index in [-0.39, 0.29) is 24.0 Å². The molecule has 4 nitrogen and oxygen atoms in total. The van der Waals surface area contributed by atoms with Crippen molar-refractivity contribution in [3.8, 4) is 0 Å². The first-order valence-corrected chi connectivity index (χ1v) is 7.16. The van der Waals surface area contributed by atoms with Gasteiger partial charge in [0.2, 0.25) is 0 Å². The van der Waals surface area contributed by atoms with Crippen LogP contribution in [0.4, 0.5) is 5.69 Å². The van der Waals surface area contributed by atoms with E-state index in [0.29, 0.717) is 12.1 Å². The maximum atomic E-state index is 11.9. The quantitative estimate of drug-likeness (QED) is 0.718. The number of anilines is 1. The lowest BCUT2D eigenvalue weighted by Gasteiger charge is -2.26. The Labute approximate surface area is 121 Å². The van der Waals surface area contributed by atoms with Gasteiger partial charge in [-0.3, -0.25) is 4.79 Å². The highest BCUT2D eigenvalue weighted by Crippen LogP contribution is 2.21. The Balaban J connectivity index is 2.71. The number of hydrogen-bond donors (Lipinski definition) is 3. The van der Waals surface area contributed by atoms with Crippen molar-refractivity contribution < 1.29 is 9.90 Å². The molecule has 0 aliphatic rings. The zero-order chi connectivity index (χ0) is 15.2. The largest absolute Gasteiger partial charge is 0.396 e. The van der Waals surface area contributed by atoms with Gasteiger partial charge in [0.1, 0.15) is 0 Å². The van der Waals surface area contributed by atoms with E-state index in [9.17, 15) is 9.90 Å². The molecule has 1 rings (SSSR count). The zero-order valence-corrected chi connectivity index (χ0v) is 12.9. The van der Waals surface area contributed by atoms with Crippen molar-refractivity contribution >= 4 is 11.6 Å². The predicted octanol–water partition coefficient (Wildman–Crippen LogP) is 2.65. The molecule has 0 heterocycles. The molecule has 0 aliphatic carbocycles.